The van der Waals surface area contributed by atoms with Crippen molar-refractivity contribution >= 4 is 13.7 Å². The first kappa shape index (κ1) is 85.0. The minimum atomic E-state index is -4.60. The topological polar surface area (TPSA) is 108 Å². The Balaban J connectivity index is 3.88. The molecular weight excluding hydrogens is 1080 g/mol. The molecule has 86 heavy (non-hydrogen) atoms. The summed E-state index contributed by atoms with van der Waals surface area (Å²) in [6, 6.07) is -0.885. The second-order valence-electron chi connectivity index (χ2n) is 28.1. The molecule has 3 unspecified atom stereocenters. The van der Waals surface area contributed by atoms with E-state index in [1.807, 2.05) is 27.2 Å². The molecule has 0 fully saturated rings. The molecule has 0 saturated heterocycles. The number of carbonyl (C=O) groups excluding carboxylic acids is 1. The van der Waals surface area contributed by atoms with E-state index in [-0.39, 0.29) is 19.1 Å². The largest absolute Gasteiger partial charge is 0.756 e. The summed E-state index contributed by atoms with van der Waals surface area (Å²) in [5.74, 6) is -0.187. The van der Waals surface area contributed by atoms with Gasteiger partial charge in [-0.15, -0.1) is 0 Å². The van der Waals surface area contributed by atoms with Gasteiger partial charge in [0.15, 0.2) is 0 Å². The normalized spacial score (nSPS) is 13.6. The summed E-state index contributed by atoms with van der Waals surface area (Å²) < 4.78 is 23.5. The molecule has 3 atom stereocenters. The van der Waals surface area contributed by atoms with Crippen LogP contribution in [0.1, 0.15) is 412 Å². The van der Waals surface area contributed by atoms with E-state index in [1.165, 1.54) is 353 Å². The first-order valence-corrected chi connectivity index (χ1v) is 40.2. The first-order chi connectivity index (χ1) is 42.0. The third-order valence-corrected chi connectivity index (χ3v) is 19.1. The number of hydrogen-bond donors (Lipinski definition) is 2. The van der Waals surface area contributed by atoms with Gasteiger partial charge in [-0.05, 0) is 44.9 Å². The Labute approximate surface area is 538 Å². The molecule has 0 aromatic heterocycles. The van der Waals surface area contributed by atoms with Gasteiger partial charge < -0.3 is 28.8 Å². The zero-order valence-corrected chi connectivity index (χ0v) is 59.7. The molecule has 0 saturated carbocycles. The minimum Gasteiger partial charge on any atom is -0.756 e. The van der Waals surface area contributed by atoms with E-state index in [9.17, 15) is 19.4 Å². The van der Waals surface area contributed by atoms with Crippen LogP contribution in [-0.2, 0) is 18.4 Å². The molecule has 0 radical (unpaired) electrons. The second-order valence-corrected chi connectivity index (χ2v) is 29.5. The van der Waals surface area contributed by atoms with Crippen molar-refractivity contribution in [1.29, 1.82) is 0 Å². The number of unbranched alkanes of at least 4 members (excludes halogenated alkanes) is 58. The molecule has 0 aromatic rings. The van der Waals surface area contributed by atoms with Crippen molar-refractivity contribution in [3.05, 3.63) is 24.3 Å². The van der Waals surface area contributed by atoms with Crippen LogP contribution in [0.3, 0.4) is 0 Å². The van der Waals surface area contributed by atoms with Gasteiger partial charge >= 0.3 is 0 Å². The zero-order chi connectivity index (χ0) is 62.6. The number of amides is 1. The summed E-state index contributed by atoms with van der Waals surface area (Å²) in [6.07, 6.45) is 90.6. The molecule has 0 bridgehead atoms. The highest BCUT2D eigenvalue weighted by Gasteiger charge is 2.23. The Bertz CT molecular complexity index is 1450. The lowest BCUT2D eigenvalue weighted by Gasteiger charge is -2.29. The van der Waals surface area contributed by atoms with Crippen LogP contribution in [0.5, 0.6) is 0 Å². The summed E-state index contributed by atoms with van der Waals surface area (Å²) in [5, 5.41) is 14.0. The van der Waals surface area contributed by atoms with Gasteiger partial charge in [0.05, 0.1) is 39.9 Å². The van der Waals surface area contributed by atoms with Crippen molar-refractivity contribution in [2.75, 3.05) is 40.9 Å². The van der Waals surface area contributed by atoms with E-state index in [0.29, 0.717) is 17.4 Å². The highest BCUT2D eigenvalue weighted by Crippen LogP contribution is 2.38. The van der Waals surface area contributed by atoms with Gasteiger partial charge in [0.2, 0.25) is 5.91 Å². The number of allylic oxidation sites excluding steroid dienone is 3. The Kier molecular flexibility index (Phi) is 67.5. The number of phosphoric acid groups is 1. The number of likely N-dealkylation sites (N-methyl/N-ethyl adjacent to an activating group) is 1. The molecule has 0 spiro atoms. The van der Waals surface area contributed by atoms with Crippen LogP contribution in [0.2, 0.25) is 0 Å². The number of rotatable bonds is 73. The van der Waals surface area contributed by atoms with Gasteiger partial charge in [0.25, 0.3) is 7.82 Å². The average Bonchev–Trinajstić information content (AvgIpc) is 3.70. The number of aliphatic hydroxyl groups excluding tert-OH is 1. The average molecular weight is 1230 g/mol. The molecule has 0 heterocycles. The van der Waals surface area contributed by atoms with Crippen molar-refractivity contribution in [1.82, 2.24) is 5.32 Å². The molecule has 9 heteroatoms. The zero-order valence-electron chi connectivity index (χ0n) is 58.8. The van der Waals surface area contributed by atoms with Gasteiger partial charge in [0.1, 0.15) is 13.2 Å². The highest BCUT2D eigenvalue weighted by molar-refractivity contribution is 7.45. The number of hydrogen-bond acceptors (Lipinski definition) is 6. The van der Waals surface area contributed by atoms with Gasteiger partial charge in [-0.3, -0.25) is 9.36 Å². The minimum absolute atomic E-state index is 0.00244. The summed E-state index contributed by atoms with van der Waals surface area (Å²) in [6.45, 7) is 4.72. The molecule has 0 aromatic carbocycles. The number of carbonyl (C=O) groups is 1. The standard InChI is InChI=1S/C77H153N2O6P/c1-6-8-10-12-14-16-18-20-22-24-26-28-30-31-32-33-34-35-36-37-38-39-40-41-42-43-44-45-46-47-49-51-53-55-57-59-61-63-65-67-69-71-77(81)78-75(74-85-86(82,83)84-73-72-79(3,4)5)76(80)70-68-66-64-62-60-58-56-54-52-50-48-29-27-25-23-21-19-17-15-13-11-9-7-2/h24,26,68,70,75-76,80H,6-23,25,27-67,69,71-74H2,1-5H3,(H-,78,81,82,83)/b26-24-,70-68+. The number of nitrogens with one attached hydrogen (secondary N) is 1. The van der Waals surface area contributed by atoms with Crippen LogP contribution >= 0.6 is 7.82 Å². The van der Waals surface area contributed by atoms with Crippen LogP contribution in [-0.4, -0.2) is 68.5 Å². The highest BCUT2D eigenvalue weighted by atomic mass is 31.2. The van der Waals surface area contributed by atoms with Gasteiger partial charge in [-0.25, -0.2) is 0 Å². The molecule has 512 valence electrons. The maximum Gasteiger partial charge on any atom is 0.268 e. The van der Waals surface area contributed by atoms with Crippen molar-refractivity contribution in [2.45, 2.75) is 424 Å². The number of phosphoric ester groups is 1. The number of aliphatic hydroxyl groups is 1. The molecule has 0 aliphatic rings. The predicted octanol–water partition coefficient (Wildman–Crippen LogP) is 24.4. The molecule has 2 N–H and O–H groups in total. The van der Waals surface area contributed by atoms with E-state index in [4.69, 9.17) is 9.05 Å². The fraction of sp³-hybridized carbons (Fsp3) is 0.935. The molecule has 0 rings (SSSR count). The van der Waals surface area contributed by atoms with Gasteiger partial charge in [0, 0.05) is 6.42 Å². The summed E-state index contributed by atoms with van der Waals surface area (Å²) in [4.78, 5) is 25.7. The van der Waals surface area contributed by atoms with Crippen molar-refractivity contribution in [2.24, 2.45) is 0 Å². The summed E-state index contributed by atoms with van der Waals surface area (Å²) in [5.41, 5.74) is 0. The third-order valence-electron chi connectivity index (χ3n) is 18.2. The molecule has 1 amide bonds. The molecule has 8 nitrogen and oxygen atoms in total. The summed E-state index contributed by atoms with van der Waals surface area (Å²) in [7, 11) is 1.28. The predicted molar refractivity (Wildman–Crippen MR) is 376 cm³/mol. The van der Waals surface area contributed by atoms with Crippen LogP contribution in [0, 0.1) is 0 Å². The monoisotopic (exact) mass is 1230 g/mol. The second kappa shape index (κ2) is 68.3. The van der Waals surface area contributed by atoms with Crippen molar-refractivity contribution in [3.8, 4) is 0 Å². The molecule has 0 aliphatic carbocycles. The van der Waals surface area contributed by atoms with E-state index in [1.54, 1.807) is 6.08 Å². The lowest BCUT2D eigenvalue weighted by atomic mass is 10.0. The Morgan fingerprint density at radius 1 is 0.395 bits per heavy atom. The molecule has 0 aliphatic heterocycles. The van der Waals surface area contributed by atoms with Crippen LogP contribution in [0.4, 0.5) is 0 Å². The van der Waals surface area contributed by atoms with E-state index in [2.05, 4.69) is 31.3 Å². The number of nitrogens with zero attached hydrogens (tertiary/aromatic N) is 1. The third kappa shape index (κ3) is 70.4. The number of quaternary nitrogens is 1. The van der Waals surface area contributed by atoms with E-state index in [0.717, 1.165) is 38.5 Å². The Morgan fingerprint density at radius 2 is 0.640 bits per heavy atom. The van der Waals surface area contributed by atoms with E-state index < -0.39 is 20.0 Å². The van der Waals surface area contributed by atoms with E-state index >= 15 is 0 Å². The van der Waals surface area contributed by atoms with Crippen molar-refractivity contribution in [3.63, 3.8) is 0 Å². The van der Waals surface area contributed by atoms with Crippen LogP contribution in [0.15, 0.2) is 24.3 Å². The van der Waals surface area contributed by atoms with Crippen LogP contribution in [0.25, 0.3) is 0 Å². The first-order valence-electron chi connectivity index (χ1n) is 38.7. The maximum atomic E-state index is 13.1. The summed E-state index contributed by atoms with van der Waals surface area (Å²) >= 11 is 0. The van der Waals surface area contributed by atoms with Gasteiger partial charge in [-0.2, -0.15) is 0 Å². The smallest absolute Gasteiger partial charge is 0.268 e. The maximum absolute atomic E-state index is 13.1. The van der Waals surface area contributed by atoms with Crippen molar-refractivity contribution < 1.29 is 32.9 Å². The fourth-order valence-corrected chi connectivity index (χ4v) is 12.9. The lowest BCUT2D eigenvalue weighted by molar-refractivity contribution is -0.870. The van der Waals surface area contributed by atoms with Gasteiger partial charge in [-0.1, -0.05) is 385 Å². The SMILES string of the molecule is CCCCCCCCCC/C=C\CCCCCCCCCCCCCCCCCCCCCCCCCCCCCCCC(=O)NC(COP(=O)([O-])OCC[N+](C)(C)C)C(O)/C=C/CCCCCCCCCCCCCCCCCCCCCCC. The fourth-order valence-electron chi connectivity index (χ4n) is 12.2. The Hall–Kier alpha value is -1.02. The lowest BCUT2D eigenvalue weighted by Crippen LogP contribution is -2.45. The quantitative estimate of drug-likeness (QED) is 0.0272. The molecular formula is C77H153N2O6P. The van der Waals surface area contributed by atoms with Crippen LogP contribution < -0.4 is 10.2 Å². The Morgan fingerprint density at radius 3 is 0.907 bits per heavy atom.